The number of hydrogen-bond acceptors (Lipinski definition) is 3. The Hall–Kier alpha value is -5.08. The minimum absolute atomic E-state index is 0.114. The van der Waals surface area contributed by atoms with Gasteiger partial charge in [-0.3, -0.25) is 9.59 Å². The van der Waals surface area contributed by atoms with Crippen LogP contribution in [-0.4, -0.2) is 24.3 Å². The first-order valence-corrected chi connectivity index (χ1v) is 13.8. The van der Waals surface area contributed by atoms with Crippen molar-refractivity contribution in [3.63, 3.8) is 0 Å². The summed E-state index contributed by atoms with van der Waals surface area (Å²) in [6, 6.07) is 14.0. The molecule has 15 heteroatoms. The topological polar surface area (TPSA) is 67.4 Å². The Morgan fingerprint density at radius 1 is 0.792 bits per heavy atom. The maximum atomic E-state index is 15.1. The Labute approximate surface area is 266 Å². The zero-order valence-corrected chi connectivity index (χ0v) is 24.6. The van der Waals surface area contributed by atoms with Gasteiger partial charge in [-0.05, 0) is 59.2 Å². The van der Waals surface area contributed by atoms with E-state index in [-0.39, 0.29) is 17.2 Å². The molecule has 0 aliphatic heterocycles. The molecule has 0 spiro atoms. The average Bonchev–Trinajstić information content (AvgIpc) is 2.99. The van der Waals surface area contributed by atoms with E-state index < -0.39 is 88.9 Å². The first kappa shape index (κ1) is 35.8. The van der Waals surface area contributed by atoms with Crippen molar-refractivity contribution in [1.29, 1.82) is 0 Å². The molecule has 48 heavy (non-hydrogen) atoms. The molecule has 4 aromatic rings. The van der Waals surface area contributed by atoms with E-state index in [0.717, 1.165) is 37.3 Å². The molecule has 0 aliphatic carbocycles. The molecule has 1 atom stereocenters. The van der Waals surface area contributed by atoms with E-state index >= 15 is 4.39 Å². The molecular formula is C33H24F10N2O3. The molecule has 4 rings (SSSR count). The van der Waals surface area contributed by atoms with Crippen LogP contribution < -0.4 is 15.4 Å². The zero-order valence-electron chi connectivity index (χ0n) is 24.6. The van der Waals surface area contributed by atoms with Gasteiger partial charge in [-0.2, -0.15) is 30.7 Å². The Bertz CT molecular complexity index is 1800. The average molecular weight is 687 g/mol. The van der Waals surface area contributed by atoms with Gasteiger partial charge in [0.1, 0.15) is 23.2 Å². The Kier molecular flexibility index (Phi) is 10.4. The number of carbonyl (C=O) groups excluding carboxylic acids is 2. The smallest absolute Gasteiger partial charge is 0.428 e. The van der Waals surface area contributed by atoms with Crippen molar-refractivity contribution < 1.29 is 58.2 Å². The molecule has 0 heterocycles. The largest absolute Gasteiger partial charge is 0.461 e. The van der Waals surface area contributed by atoms with E-state index in [0.29, 0.717) is 23.8 Å². The van der Waals surface area contributed by atoms with Crippen molar-refractivity contribution in [3.05, 3.63) is 136 Å². The number of hydrogen-bond donors (Lipinski definition) is 2. The molecule has 2 amide bonds. The highest BCUT2D eigenvalue weighted by Crippen LogP contribution is 2.39. The number of nitrogens with one attached hydrogen (secondary N) is 2. The van der Waals surface area contributed by atoms with E-state index in [1.807, 2.05) is 0 Å². The van der Waals surface area contributed by atoms with Gasteiger partial charge < -0.3 is 15.4 Å². The third kappa shape index (κ3) is 8.25. The summed E-state index contributed by atoms with van der Waals surface area (Å²) in [7, 11) is 0. The highest BCUT2D eigenvalue weighted by Gasteiger charge is 2.45. The van der Waals surface area contributed by atoms with E-state index in [2.05, 4.69) is 15.4 Å². The fraction of sp³-hybridized carbons (Fsp3) is 0.212. The zero-order chi connectivity index (χ0) is 35.4. The number of halogens is 10. The highest BCUT2D eigenvalue weighted by atomic mass is 19.4. The van der Waals surface area contributed by atoms with Crippen LogP contribution in [0.4, 0.5) is 43.9 Å². The van der Waals surface area contributed by atoms with Crippen LogP contribution in [0.25, 0.3) is 0 Å². The second-order valence-corrected chi connectivity index (χ2v) is 10.6. The van der Waals surface area contributed by atoms with E-state index in [9.17, 15) is 49.1 Å². The fourth-order valence-corrected chi connectivity index (χ4v) is 4.88. The molecule has 0 aromatic heterocycles. The molecule has 2 N–H and O–H groups in total. The lowest BCUT2D eigenvalue weighted by atomic mass is 9.77. The molecule has 0 unspecified atom stereocenters. The first-order valence-electron chi connectivity index (χ1n) is 13.8. The molecule has 0 saturated carbocycles. The second-order valence-electron chi connectivity index (χ2n) is 10.6. The van der Waals surface area contributed by atoms with Crippen LogP contribution in [0.2, 0.25) is 0 Å². The quantitative estimate of drug-likeness (QED) is 0.158. The van der Waals surface area contributed by atoms with Gasteiger partial charge in [0.25, 0.3) is 5.91 Å². The van der Waals surface area contributed by atoms with Gasteiger partial charge in [-0.1, -0.05) is 36.4 Å². The van der Waals surface area contributed by atoms with E-state index in [1.165, 1.54) is 12.1 Å². The lowest BCUT2D eigenvalue weighted by Crippen LogP contribution is -2.49. The summed E-state index contributed by atoms with van der Waals surface area (Å²) in [5.74, 6) is -6.87. The van der Waals surface area contributed by atoms with Crippen molar-refractivity contribution in [3.8, 4) is 5.75 Å². The minimum atomic E-state index is -5.22. The molecule has 0 radical (unpaired) electrons. The maximum absolute atomic E-state index is 15.1. The number of alkyl halides is 7. The van der Waals surface area contributed by atoms with E-state index in [1.54, 1.807) is 18.2 Å². The molecular weight excluding hydrogens is 662 g/mol. The van der Waals surface area contributed by atoms with Crippen molar-refractivity contribution in [2.45, 2.75) is 44.1 Å². The van der Waals surface area contributed by atoms with Crippen LogP contribution in [0.1, 0.15) is 45.1 Å². The van der Waals surface area contributed by atoms with Crippen LogP contribution in [0.3, 0.4) is 0 Å². The summed E-state index contributed by atoms with van der Waals surface area (Å²) in [6.07, 6.45) is -15.1. The second kappa shape index (κ2) is 14.0. The highest BCUT2D eigenvalue weighted by molar-refractivity contribution is 5.95. The van der Waals surface area contributed by atoms with Gasteiger partial charge in [-0.15, -0.1) is 0 Å². The Morgan fingerprint density at radius 3 is 2.08 bits per heavy atom. The predicted molar refractivity (Wildman–Crippen MR) is 152 cm³/mol. The lowest BCUT2D eigenvalue weighted by molar-refractivity contribution is -0.253. The monoisotopic (exact) mass is 686 g/mol. The van der Waals surface area contributed by atoms with Gasteiger partial charge in [0, 0.05) is 37.1 Å². The molecule has 5 nitrogen and oxygen atoms in total. The van der Waals surface area contributed by atoms with Gasteiger partial charge in [0.2, 0.25) is 5.91 Å². The van der Waals surface area contributed by atoms with Crippen molar-refractivity contribution in [2.75, 3.05) is 0 Å². The van der Waals surface area contributed by atoms with Crippen molar-refractivity contribution in [2.24, 2.45) is 0 Å². The molecule has 4 aromatic carbocycles. The third-order valence-electron chi connectivity index (χ3n) is 7.11. The Morgan fingerprint density at radius 2 is 1.46 bits per heavy atom. The van der Waals surface area contributed by atoms with Gasteiger partial charge in [-0.25, -0.2) is 13.2 Å². The van der Waals surface area contributed by atoms with Crippen LogP contribution in [0.5, 0.6) is 5.75 Å². The molecule has 0 aliphatic rings. The van der Waals surface area contributed by atoms with E-state index in [4.69, 9.17) is 0 Å². The standard InChI is InChI=1S/C33H24F10N2O3/c1-18(46)44-17-21-11-22(8-10-27(21)35)31(16-19-5-3-2-4-6-19,23-13-24(34)15-25(14-23)48-33(42,43)30(37)38)45-29(47)20-7-9-28(36)26(12-20)32(39,40)41/h2-15,30H,16-17H2,1H3,(H,44,46)(H,45,47)/t31-/m1/s1. The maximum Gasteiger partial charge on any atom is 0.461 e. The Balaban J connectivity index is 2.02. The van der Waals surface area contributed by atoms with Crippen LogP contribution in [0, 0.1) is 17.5 Å². The third-order valence-corrected chi connectivity index (χ3v) is 7.11. The van der Waals surface area contributed by atoms with Crippen molar-refractivity contribution in [1.82, 2.24) is 10.6 Å². The van der Waals surface area contributed by atoms with Gasteiger partial charge >= 0.3 is 18.7 Å². The normalized spacial score (nSPS) is 13.2. The molecule has 0 saturated heterocycles. The number of rotatable bonds is 11. The van der Waals surface area contributed by atoms with Crippen LogP contribution in [-0.2, 0) is 29.5 Å². The summed E-state index contributed by atoms with van der Waals surface area (Å²) in [4.78, 5) is 25.3. The number of benzene rings is 4. The fourth-order valence-electron chi connectivity index (χ4n) is 4.88. The van der Waals surface area contributed by atoms with Crippen LogP contribution >= 0.6 is 0 Å². The molecule has 0 fully saturated rings. The molecule has 0 bridgehead atoms. The number of ether oxygens (including phenoxy) is 1. The first-order chi connectivity index (χ1) is 22.4. The summed E-state index contributed by atoms with van der Waals surface area (Å²) in [6.45, 7) is 0.735. The summed E-state index contributed by atoms with van der Waals surface area (Å²) in [5.41, 5.74) is -5.13. The van der Waals surface area contributed by atoms with Crippen LogP contribution in [0.15, 0.2) is 84.9 Å². The number of carbonyl (C=O) groups is 2. The summed E-state index contributed by atoms with van der Waals surface area (Å²) >= 11 is 0. The predicted octanol–water partition coefficient (Wildman–Crippen LogP) is 7.91. The van der Waals surface area contributed by atoms with Gasteiger partial charge in [0.05, 0.1) is 11.1 Å². The molecule has 254 valence electrons. The minimum Gasteiger partial charge on any atom is -0.428 e. The SMILES string of the molecule is CC(=O)NCc1cc([C@@](Cc2ccccc2)(NC(=O)c2ccc(F)c(C(F)(F)F)c2)c2cc(F)cc(OC(F)(F)C(F)F)c2)ccc1F. The lowest BCUT2D eigenvalue weighted by Gasteiger charge is -2.37. The summed E-state index contributed by atoms with van der Waals surface area (Å²) in [5, 5.41) is 4.86. The summed E-state index contributed by atoms with van der Waals surface area (Å²) < 4.78 is 143. The number of amides is 2. The van der Waals surface area contributed by atoms with Gasteiger partial charge in [0.15, 0.2) is 0 Å². The van der Waals surface area contributed by atoms with Crippen molar-refractivity contribution >= 4 is 11.8 Å².